The molecule has 0 radical (unpaired) electrons. The van der Waals surface area contributed by atoms with Crippen LogP contribution in [0.1, 0.15) is 54.7 Å². The van der Waals surface area contributed by atoms with Crippen molar-refractivity contribution in [2.24, 2.45) is 30.0 Å². The number of nitrogens with two attached hydrogens (primary N) is 1. The molecular weight excluding hydrogens is 292 g/mol. The number of rotatable bonds is 3. The van der Waals surface area contributed by atoms with E-state index in [2.05, 4.69) is 10.4 Å². The maximum Gasteiger partial charge on any atom is 0.272 e. The number of carbonyl (C=O) groups is 2. The van der Waals surface area contributed by atoms with Crippen molar-refractivity contribution in [1.29, 1.82) is 0 Å². The van der Waals surface area contributed by atoms with Gasteiger partial charge in [-0.2, -0.15) is 5.10 Å². The lowest BCUT2D eigenvalue weighted by Gasteiger charge is -2.61. The van der Waals surface area contributed by atoms with Gasteiger partial charge in [0.2, 0.25) is 5.91 Å². The highest BCUT2D eigenvalue weighted by molar-refractivity contribution is 5.93. The van der Waals surface area contributed by atoms with Crippen molar-refractivity contribution < 1.29 is 9.59 Å². The van der Waals surface area contributed by atoms with Crippen LogP contribution in [0.25, 0.3) is 0 Å². The Balaban J connectivity index is 1.61. The van der Waals surface area contributed by atoms with Crippen LogP contribution in [-0.2, 0) is 11.8 Å². The zero-order valence-electron chi connectivity index (χ0n) is 13.8. The number of hydrogen-bond donors (Lipinski definition) is 2. The summed E-state index contributed by atoms with van der Waals surface area (Å²) < 4.78 is 1.71. The third-order valence-electron chi connectivity index (χ3n) is 6.31. The minimum Gasteiger partial charge on any atom is -0.369 e. The van der Waals surface area contributed by atoms with Gasteiger partial charge in [-0.1, -0.05) is 0 Å². The Hall–Kier alpha value is -1.85. The minimum atomic E-state index is -0.405. The highest BCUT2D eigenvalue weighted by Gasteiger charge is 2.60. The number of amides is 2. The van der Waals surface area contributed by atoms with Crippen LogP contribution in [0.4, 0.5) is 0 Å². The summed E-state index contributed by atoms with van der Waals surface area (Å²) in [7, 11) is 1.83. The van der Waals surface area contributed by atoms with E-state index in [1.54, 1.807) is 10.7 Å². The molecule has 6 heteroatoms. The summed E-state index contributed by atoms with van der Waals surface area (Å²) in [6.07, 6.45) is 5.61. The lowest BCUT2D eigenvalue weighted by atomic mass is 9.46. The van der Waals surface area contributed by atoms with E-state index in [4.69, 9.17) is 5.73 Å². The van der Waals surface area contributed by atoms with Crippen molar-refractivity contribution in [1.82, 2.24) is 15.1 Å². The van der Waals surface area contributed by atoms with Crippen LogP contribution >= 0.6 is 0 Å². The molecule has 4 bridgehead atoms. The molecule has 4 aliphatic carbocycles. The molecule has 0 aromatic carbocycles. The van der Waals surface area contributed by atoms with Gasteiger partial charge in [-0.15, -0.1) is 0 Å². The molecule has 3 N–H and O–H groups in total. The molecule has 1 heterocycles. The van der Waals surface area contributed by atoms with E-state index in [1.165, 1.54) is 6.42 Å². The van der Waals surface area contributed by atoms with Crippen molar-refractivity contribution in [3.8, 4) is 0 Å². The predicted molar refractivity (Wildman–Crippen MR) is 84.5 cm³/mol. The number of aryl methyl sites for hydroxylation is 2. The molecule has 0 saturated heterocycles. The molecule has 4 saturated carbocycles. The molecule has 1 aromatic rings. The molecule has 4 fully saturated rings. The van der Waals surface area contributed by atoms with E-state index in [9.17, 15) is 9.59 Å². The van der Waals surface area contributed by atoms with Crippen molar-refractivity contribution >= 4 is 11.8 Å². The second-order valence-electron chi connectivity index (χ2n) is 8.13. The van der Waals surface area contributed by atoms with Crippen molar-refractivity contribution in [2.75, 3.05) is 0 Å². The van der Waals surface area contributed by atoms with Crippen LogP contribution in [-0.4, -0.2) is 27.1 Å². The molecule has 124 valence electrons. The summed E-state index contributed by atoms with van der Waals surface area (Å²) in [5.41, 5.74) is 6.47. The zero-order valence-corrected chi connectivity index (χ0v) is 13.8. The van der Waals surface area contributed by atoms with Gasteiger partial charge in [-0.05, 0) is 63.4 Å². The summed E-state index contributed by atoms with van der Waals surface area (Å²) in [6, 6.07) is 1.81. The molecule has 4 aliphatic rings. The Bertz CT molecular complexity index is 659. The monoisotopic (exact) mass is 316 g/mol. The van der Waals surface area contributed by atoms with Gasteiger partial charge in [-0.3, -0.25) is 14.3 Å². The number of aromatic nitrogens is 2. The summed E-state index contributed by atoms with van der Waals surface area (Å²) >= 11 is 0. The van der Waals surface area contributed by atoms with Gasteiger partial charge in [0.15, 0.2) is 0 Å². The molecule has 0 aliphatic heterocycles. The van der Waals surface area contributed by atoms with Crippen LogP contribution in [0.15, 0.2) is 6.07 Å². The van der Waals surface area contributed by atoms with Crippen LogP contribution in [0.3, 0.4) is 0 Å². The average Bonchev–Trinajstić information content (AvgIpc) is 2.76. The first-order valence-electron chi connectivity index (χ1n) is 8.44. The Morgan fingerprint density at radius 2 is 1.96 bits per heavy atom. The molecule has 2 atom stereocenters. The fourth-order valence-corrected chi connectivity index (χ4v) is 5.67. The largest absolute Gasteiger partial charge is 0.369 e. The van der Waals surface area contributed by atoms with E-state index in [0.717, 1.165) is 31.4 Å². The van der Waals surface area contributed by atoms with Crippen LogP contribution < -0.4 is 11.1 Å². The Kier molecular flexibility index (Phi) is 2.93. The molecule has 2 amide bonds. The molecule has 6 nitrogen and oxygen atoms in total. The van der Waals surface area contributed by atoms with Gasteiger partial charge < -0.3 is 11.1 Å². The number of primary amides is 1. The number of nitrogens with zero attached hydrogens (tertiary/aromatic N) is 2. The molecule has 1 aromatic heterocycles. The van der Waals surface area contributed by atoms with E-state index in [0.29, 0.717) is 24.0 Å². The predicted octanol–water partition coefficient (Wildman–Crippen LogP) is 1.28. The number of hydrogen-bond acceptors (Lipinski definition) is 3. The van der Waals surface area contributed by atoms with Crippen molar-refractivity contribution in [3.05, 3.63) is 17.5 Å². The molecule has 0 spiro atoms. The maximum absolute atomic E-state index is 12.7. The van der Waals surface area contributed by atoms with E-state index in [-0.39, 0.29) is 17.4 Å². The lowest BCUT2D eigenvalue weighted by molar-refractivity contribution is -0.146. The van der Waals surface area contributed by atoms with Gasteiger partial charge in [0.05, 0.1) is 5.41 Å². The average molecular weight is 316 g/mol. The van der Waals surface area contributed by atoms with Crippen LogP contribution in [0.5, 0.6) is 0 Å². The Morgan fingerprint density at radius 1 is 1.30 bits per heavy atom. The smallest absolute Gasteiger partial charge is 0.272 e. The minimum absolute atomic E-state index is 0.129. The quantitative estimate of drug-likeness (QED) is 0.880. The highest BCUT2D eigenvalue weighted by atomic mass is 16.2. The summed E-state index contributed by atoms with van der Waals surface area (Å²) in [5.74, 6) is 0.707. The number of nitrogens with one attached hydrogen (secondary N) is 1. The van der Waals surface area contributed by atoms with Gasteiger partial charge in [-0.25, -0.2) is 0 Å². The Labute approximate surface area is 135 Å². The van der Waals surface area contributed by atoms with Gasteiger partial charge >= 0.3 is 0 Å². The molecule has 5 rings (SSSR count). The lowest BCUT2D eigenvalue weighted by Crippen LogP contribution is -2.65. The number of carbonyl (C=O) groups excluding carboxylic acids is 2. The highest BCUT2D eigenvalue weighted by Crippen LogP contribution is 2.61. The molecule has 23 heavy (non-hydrogen) atoms. The zero-order chi connectivity index (χ0) is 16.4. The maximum atomic E-state index is 12.7. The third-order valence-corrected chi connectivity index (χ3v) is 6.31. The van der Waals surface area contributed by atoms with E-state index in [1.807, 2.05) is 14.0 Å². The van der Waals surface area contributed by atoms with Crippen LogP contribution in [0, 0.1) is 24.2 Å². The third kappa shape index (κ3) is 2.18. The summed E-state index contributed by atoms with van der Waals surface area (Å²) in [5, 5.41) is 7.51. The van der Waals surface area contributed by atoms with Crippen molar-refractivity contribution in [2.45, 2.75) is 51.0 Å². The second kappa shape index (κ2) is 4.58. The van der Waals surface area contributed by atoms with Gasteiger partial charge in [0.25, 0.3) is 5.91 Å². The molecular formula is C17H24N4O2. The molecule has 2 unspecified atom stereocenters. The normalized spacial score (nSPS) is 37.8. The van der Waals surface area contributed by atoms with E-state index >= 15 is 0 Å². The summed E-state index contributed by atoms with van der Waals surface area (Å²) in [4.78, 5) is 24.8. The topological polar surface area (TPSA) is 90.0 Å². The Morgan fingerprint density at radius 3 is 2.48 bits per heavy atom. The van der Waals surface area contributed by atoms with Gasteiger partial charge in [0, 0.05) is 18.3 Å². The van der Waals surface area contributed by atoms with Gasteiger partial charge in [0.1, 0.15) is 5.69 Å². The van der Waals surface area contributed by atoms with Crippen LogP contribution in [0.2, 0.25) is 0 Å². The van der Waals surface area contributed by atoms with E-state index < -0.39 is 5.41 Å². The van der Waals surface area contributed by atoms with Crippen molar-refractivity contribution in [3.63, 3.8) is 0 Å². The summed E-state index contributed by atoms with van der Waals surface area (Å²) in [6.45, 7) is 1.93. The first-order chi connectivity index (χ1) is 10.8. The SMILES string of the molecule is Cc1cc(C(=O)NC23CC4CC(C2)CC(C(N)=O)(C4)C3)nn1C. The first kappa shape index (κ1) is 14.7. The second-order valence-corrected chi connectivity index (χ2v) is 8.13. The fourth-order valence-electron chi connectivity index (χ4n) is 5.67. The fraction of sp³-hybridized carbons (Fsp3) is 0.706. The first-order valence-corrected chi connectivity index (χ1v) is 8.44. The standard InChI is InChI=1S/C17H24N4O2/c1-10-3-13(20-21(10)2)14(22)19-17-7-11-4-12(8-17)6-16(5-11,9-17)15(18)23/h3,11-12H,4-9H2,1-2H3,(H2,18,23)(H,19,22).